The highest BCUT2D eigenvalue weighted by Gasteiger charge is 2.22. The molecule has 0 atom stereocenters. The molecule has 1 fully saturated rings. The van der Waals surface area contributed by atoms with Gasteiger partial charge in [0.05, 0.1) is 18.0 Å². The van der Waals surface area contributed by atoms with E-state index in [2.05, 4.69) is 46.4 Å². The van der Waals surface area contributed by atoms with Gasteiger partial charge in [-0.1, -0.05) is 32.0 Å². The molecular formula is C23H28N8O. The summed E-state index contributed by atoms with van der Waals surface area (Å²) in [6.45, 7) is 6.33. The number of aliphatic hydroxyl groups excluding tert-OH is 1. The topological polar surface area (TPSA) is 96.4 Å². The van der Waals surface area contributed by atoms with Crippen molar-refractivity contribution >= 4 is 17.5 Å². The molecule has 0 unspecified atom stereocenters. The van der Waals surface area contributed by atoms with Crippen LogP contribution >= 0.6 is 0 Å². The average Bonchev–Trinajstić information content (AvgIpc) is 3.48. The van der Waals surface area contributed by atoms with Crippen LogP contribution < -0.4 is 10.2 Å². The van der Waals surface area contributed by atoms with Gasteiger partial charge in [0.25, 0.3) is 0 Å². The van der Waals surface area contributed by atoms with Gasteiger partial charge in [-0.05, 0) is 36.5 Å². The van der Waals surface area contributed by atoms with Gasteiger partial charge in [0.15, 0.2) is 5.65 Å². The number of hydrogen-bond donors (Lipinski definition) is 2. The van der Waals surface area contributed by atoms with Crippen molar-refractivity contribution in [3.05, 3.63) is 60.0 Å². The molecule has 1 aromatic carbocycles. The number of rotatable bonds is 6. The fraction of sp³-hybridized carbons (Fsp3) is 0.391. The van der Waals surface area contributed by atoms with Gasteiger partial charge in [0.2, 0.25) is 11.9 Å². The van der Waals surface area contributed by atoms with E-state index >= 15 is 0 Å². The van der Waals surface area contributed by atoms with Crippen LogP contribution in [-0.2, 0) is 6.54 Å². The van der Waals surface area contributed by atoms with E-state index in [-0.39, 0.29) is 6.10 Å². The minimum Gasteiger partial charge on any atom is -0.393 e. The number of anilines is 2. The van der Waals surface area contributed by atoms with E-state index in [0.29, 0.717) is 24.4 Å². The predicted molar refractivity (Wildman–Crippen MR) is 123 cm³/mol. The highest BCUT2D eigenvalue weighted by Crippen LogP contribution is 2.25. The predicted octanol–water partition coefficient (Wildman–Crippen LogP) is 3.01. The fourth-order valence-corrected chi connectivity index (χ4v) is 4.08. The van der Waals surface area contributed by atoms with Gasteiger partial charge in [0.1, 0.15) is 0 Å². The summed E-state index contributed by atoms with van der Waals surface area (Å²) in [5, 5.41) is 22.3. The van der Waals surface area contributed by atoms with Gasteiger partial charge in [0, 0.05) is 37.6 Å². The molecular weight excluding hydrogens is 404 g/mol. The van der Waals surface area contributed by atoms with Crippen molar-refractivity contribution in [2.45, 2.75) is 45.3 Å². The monoisotopic (exact) mass is 432 g/mol. The first-order valence-electron chi connectivity index (χ1n) is 11.1. The number of nitrogens with zero attached hydrogens (tertiary/aromatic N) is 7. The second-order valence-corrected chi connectivity index (χ2v) is 8.49. The Labute approximate surface area is 186 Å². The lowest BCUT2D eigenvalue weighted by Gasteiger charge is -2.29. The van der Waals surface area contributed by atoms with Crippen LogP contribution in [0.5, 0.6) is 0 Å². The maximum absolute atomic E-state index is 9.90. The SMILES string of the molecule is CC(C)c1cnn2c(NCc3ccccc3-n3cccn3)nc(N3CCC(O)CC3)nc12. The van der Waals surface area contributed by atoms with Crippen LogP contribution in [0.25, 0.3) is 11.3 Å². The number of hydrogen-bond acceptors (Lipinski definition) is 7. The van der Waals surface area contributed by atoms with Gasteiger partial charge in [-0.2, -0.15) is 24.7 Å². The Balaban J connectivity index is 1.50. The molecule has 1 aliphatic heterocycles. The van der Waals surface area contributed by atoms with Gasteiger partial charge in [-0.15, -0.1) is 0 Å². The number of aliphatic hydroxyl groups is 1. The molecule has 1 saturated heterocycles. The quantitative estimate of drug-likeness (QED) is 0.483. The number of piperidine rings is 1. The molecule has 4 aromatic rings. The van der Waals surface area contributed by atoms with Gasteiger partial charge in [-0.25, -0.2) is 4.68 Å². The van der Waals surface area contributed by atoms with E-state index in [4.69, 9.17) is 9.97 Å². The van der Waals surface area contributed by atoms with E-state index in [9.17, 15) is 5.11 Å². The summed E-state index contributed by atoms with van der Waals surface area (Å²) in [6, 6.07) is 10.1. The lowest BCUT2D eigenvalue weighted by molar-refractivity contribution is 0.145. The van der Waals surface area contributed by atoms with E-state index in [1.165, 1.54) is 0 Å². The second kappa shape index (κ2) is 8.58. The summed E-state index contributed by atoms with van der Waals surface area (Å²) >= 11 is 0. The first-order chi connectivity index (χ1) is 15.6. The molecule has 4 heterocycles. The maximum Gasteiger partial charge on any atom is 0.230 e. The van der Waals surface area contributed by atoms with Gasteiger partial charge in [-0.3, -0.25) is 0 Å². The van der Waals surface area contributed by atoms with Crippen LogP contribution in [0.15, 0.2) is 48.9 Å². The van der Waals surface area contributed by atoms with Crippen molar-refractivity contribution in [2.24, 2.45) is 0 Å². The van der Waals surface area contributed by atoms with E-state index < -0.39 is 0 Å². The Morgan fingerprint density at radius 2 is 1.91 bits per heavy atom. The first-order valence-corrected chi connectivity index (χ1v) is 11.1. The summed E-state index contributed by atoms with van der Waals surface area (Å²) in [5.74, 6) is 1.62. The summed E-state index contributed by atoms with van der Waals surface area (Å²) in [7, 11) is 0. The van der Waals surface area contributed by atoms with Crippen molar-refractivity contribution in [1.29, 1.82) is 0 Å². The van der Waals surface area contributed by atoms with Crippen LogP contribution in [-0.4, -0.2) is 53.7 Å². The smallest absolute Gasteiger partial charge is 0.230 e. The maximum atomic E-state index is 9.90. The molecule has 1 aliphatic rings. The summed E-state index contributed by atoms with van der Waals surface area (Å²) in [4.78, 5) is 11.8. The third kappa shape index (κ3) is 3.91. The Bertz CT molecular complexity index is 1190. The number of aromatic nitrogens is 6. The molecule has 0 radical (unpaired) electrons. The normalized spacial score (nSPS) is 15.1. The molecule has 2 N–H and O–H groups in total. The van der Waals surface area contributed by atoms with Crippen molar-refractivity contribution in [3.8, 4) is 5.69 Å². The summed E-state index contributed by atoms with van der Waals surface area (Å²) in [5.41, 5.74) is 4.02. The summed E-state index contributed by atoms with van der Waals surface area (Å²) in [6.07, 6.45) is 6.80. The van der Waals surface area contributed by atoms with Crippen molar-refractivity contribution in [1.82, 2.24) is 29.4 Å². The molecule has 166 valence electrons. The zero-order valence-corrected chi connectivity index (χ0v) is 18.4. The first kappa shape index (κ1) is 20.4. The molecule has 0 bridgehead atoms. The Hall–Kier alpha value is -3.46. The van der Waals surface area contributed by atoms with Crippen LogP contribution in [0, 0.1) is 0 Å². The highest BCUT2D eigenvalue weighted by atomic mass is 16.3. The molecule has 0 spiro atoms. The molecule has 5 rings (SSSR count). The van der Waals surface area contributed by atoms with Crippen molar-refractivity contribution in [2.75, 3.05) is 23.3 Å². The van der Waals surface area contributed by atoms with Crippen LogP contribution in [0.3, 0.4) is 0 Å². The molecule has 0 amide bonds. The number of fused-ring (bicyclic) bond motifs is 1. The standard InChI is InChI=1S/C23H28N8O/c1-16(2)19-15-26-31-21(19)27-23(29-12-8-18(32)9-13-29)28-22(31)24-14-17-6-3-4-7-20(17)30-11-5-10-25-30/h3-7,10-11,15-16,18,32H,8-9,12-14H2,1-2H3,(H,24,27,28). The Morgan fingerprint density at radius 1 is 1.09 bits per heavy atom. The largest absolute Gasteiger partial charge is 0.393 e. The average molecular weight is 433 g/mol. The zero-order valence-electron chi connectivity index (χ0n) is 18.4. The molecule has 3 aromatic heterocycles. The molecule has 9 heteroatoms. The van der Waals surface area contributed by atoms with E-state index in [0.717, 1.165) is 48.4 Å². The second-order valence-electron chi connectivity index (χ2n) is 8.49. The third-order valence-electron chi connectivity index (χ3n) is 5.93. The lowest BCUT2D eigenvalue weighted by atomic mass is 10.1. The zero-order chi connectivity index (χ0) is 22.1. The van der Waals surface area contributed by atoms with Gasteiger partial charge >= 0.3 is 0 Å². The third-order valence-corrected chi connectivity index (χ3v) is 5.93. The molecule has 0 aliphatic carbocycles. The number of nitrogens with one attached hydrogen (secondary N) is 1. The number of para-hydroxylation sites is 1. The van der Waals surface area contributed by atoms with Crippen LogP contribution in [0.2, 0.25) is 0 Å². The minimum atomic E-state index is -0.243. The number of benzene rings is 1. The Morgan fingerprint density at radius 3 is 2.66 bits per heavy atom. The molecule has 32 heavy (non-hydrogen) atoms. The molecule has 0 saturated carbocycles. The minimum absolute atomic E-state index is 0.243. The van der Waals surface area contributed by atoms with Gasteiger partial charge < -0.3 is 15.3 Å². The van der Waals surface area contributed by atoms with Crippen molar-refractivity contribution in [3.63, 3.8) is 0 Å². The molecule has 9 nitrogen and oxygen atoms in total. The van der Waals surface area contributed by atoms with Crippen LogP contribution in [0.1, 0.15) is 43.7 Å². The Kier molecular flexibility index (Phi) is 5.48. The fourth-order valence-electron chi connectivity index (χ4n) is 4.08. The van der Waals surface area contributed by atoms with E-state index in [1.54, 1.807) is 10.7 Å². The highest BCUT2D eigenvalue weighted by molar-refractivity contribution is 5.56. The lowest BCUT2D eigenvalue weighted by Crippen LogP contribution is -2.37. The summed E-state index contributed by atoms with van der Waals surface area (Å²) < 4.78 is 3.65. The van der Waals surface area contributed by atoms with Crippen LogP contribution in [0.4, 0.5) is 11.9 Å². The van der Waals surface area contributed by atoms with Crippen molar-refractivity contribution < 1.29 is 5.11 Å². The van der Waals surface area contributed by atoms with E-state index in [1.807, 2.05) is 35.3 Å².